The smallest absolute Gasteiger partial charge is 0.329 e. The van der Waals surface area contributed by atoms with E-state index in [1.54, 1.807) is 6.07 Å². The number of aromatic amines is 1. The molecule has 0 saturated heterocycles. The van der Waals surface area contributed by atoms with Gasteiger partial charge in [-0.2, -0.15) is 0 Å². The number of aromatic nitrogens is 3. The normalized spacial score (nSPS) is 14.3. The lowest BCUT2D eigenvalue weighted by Gasteiger charge is -2.14. The molecule has 128 valence electrons. The van der Waals surface area contributed by atoms with E-state index in [0.29, 0.717) is 23.7 Å². The second-order valence-electron chi connectivity index (χ2n) is 6.61. The van der Waals surface area contributed by atoms with Crippen LogP contribution in [0.25, 0.3) is 11.0 Å². The number of aryl methyl sites for hydroxylation is 1. The Morgan fingerprint density at radius 1 is 1.42 bits per heavy atom. The van der Waals surface area contributed by atoms with Gasteiger partial charge in [-0.15, -0.1) is 0 Å². The number of hydrogen-bond donors (Lipinski definition) is 2. The molecule has 1 fully saturated rings. The number of amides is 1. The maximum absolute atomic E-state index is 12.6. The van der Waals surface area contributed by atoms with Gasteiger partial charge < -0.3 is 5.32 Å². The third-order valence-electron chi connectivity index (χ3n) is 4.08. The summed E-state index contributed by atoms with van der Waals surface area (Å²) in [5.74, 6) is -0.00374. The van der Waals surface area contributed by atoms with E-state index in [4.69, 9.17) is 0 Å². The summed E-state index contributed by atoms with van der Waals surface area (Å²) in [6, 6.07) is 1.65. The van der Waals surface area contributed by atoms with Crippen LogP contribution >= 0.6 is 0 Å². The van der Waals surface area contributed by atoms with Gasteiger partial charge in [0.25, 0.3) is 11.5 Å². The number of hydrogen-bond acceptors (Lipinski definition) is 4. The van der Waals surface area contributed by atoms with Gasteiger partial charge in [0.1, 0.15) is 0 Å². The number of nitrogens with zero attached hydrogens (tertiary/aromatic N) is 2. The fourth-order valence-electron chi connectivity index (χ4n) is 2.83. The number of rotatable bonds is 5. The molecule has 0 bridgehead atoms. The molecule has 1 aliphatic rings. The van der Waals surface area contributed by atoms with Gasteiger partial charge in [-0.1, -0.05) is 6.92 Å². The lowest BCUT2D eigenvalue weighted by molar-refractivity contribution is 0.0944. The average Bonchev–Trinajstić information content (AvgIpc) is 3.34. The highest BCUT2D eigenvalue weighted by molar-refractivity contribution is 6.05. The molecular formula is C17H22N4O3. The first kappa shape index (κ1) is 16.4. The zero-order valence-corrected chi connectivity index (χ0v) is 14.2. The summed E-state index contributed by atoms with van der Waals surface area (Å²) in [4.78, 5) is 44.0. The molecule has 3 rings (SSSR count). The molecule has 0 unspecified atom stereocenters. The number of pyridine rings is 1. The highest BCUT2D eigenvalue weighted by atomic mass is 16.2. The van der Waals surface area contributed by atoms with Crippen LogP contribution in [-0.4, -0.2) is 26.5 Å². The van der Waals surface area contributed by atoms with E-state index in [0.717, 1.165) is 25.0 Å². The van der Waals surface area contributed by atoms with E-state index in [9.17, 15) is 14.4 Å². The Morgan fingerprint density at radius 3 is 2.71 bits per heavy atom. The number of carbonyl (C=O) groups excluding carboxylic acids is 1. The van der Waals surface area contributed by atoms with Crippen LogP contribution in [0.4, 0.5) is 0 Å². The van der Waals surface area contributed by atoms with E-state index in [1.807, 2.05) is 20.8 Å². The summed E-state index contributed by atoms with van der Waals surface area (Å²) in [5.41, 5.74) is 0.341. The molecule has 7 nitrogen and oxygen atoms in total. The highest BCUT2D eigenvalue weighted by Gasteiger charge is 2.28. The van der Waals surface area contributed by atoms with Crippen LogP contribution in [0.5, 0.6) is 0 Å². The van der Waals surface area contributed by atoms with Crippen molar-refractivity contribution in [1.29, 1.82) is 0 Å². The van der Waals surface area contributed by atoms with Crippen LogP contribution in [-0.2, 0) is 6.54 Å². The van der Waals surface area contributed by atoms with Gasteiger partial charge in [-0.3, -0.25) is 19.1 Å². The Bertz CT molecular complexity index is 906. The first-order chi connectivity index (χ1) is 11.4. The monoisotopic (exact) mass is 330 g/mol. The predicted octanol–water partition coefficient (Wildman–Crippen LogP) is 1.51. The van der Waals surface area contributed by atoms with Crippen molar-refractivity contribution in [2.75, 3.05) is 0 Å². The van der Waals surface area contributed by atoms with Gasteiger partial charge in [0, 0.05) is 24.2 Å². The maximum Gasteiger partial charge on any atom is 0.329 e. The molecule has 0 radical (unpaired) electrons. The van der Waals surface area contributed by atoms with Gasteiger partial charge in [-0.05, 0) is 39.2 Å². The van der Waals surface area contributed by atoms with Crippen LogP contribution in [0.15, 0.2) is 15.7 Å². The molecule has 0 aliphatic heterocycles. The van der Waals surface area contributed by atoms with Gasteiger partial charge in [0.2, 0.25) is 0 Å². The maximum atomic E-state index is 12.6. The number of fused-ring (bicyclic) bond motifs is 1. The van der Waals surface area contributed by atoms with Crippen LogP contribution < -0.4 is 16.6 Å². The van der Waals surface area contributed by atoms with Crippen LogP contribution in [0, 0.1) is 0 Å². The third kappa shape index (κ3) is 2.98. The van der Waals surface area contributed by atoms with E-state index in [1.165, 1.54) is 4.57 Å². The molecule has 2 N–H and O–H groups in total. The molecule has 0 spiro atoms. The fourth-order valence-corrected chi connectivity index (χ4v) is 2.83. The molecule has 2 heterocycles. The van der Waals surface area contributed by atoms with Crippen LogP contribution in [0.2, 0.25) is 0 Å². The van der Waals surface area contributed by atoms with Crippen molar-refractivity contribution in [3.8, 4) is 0 Å². The van der Waals surface area contributed by atoms with Crippen molar-refractivity contribution in [2.24, 2.45) is 0 Å². The van der Waals surface area contributed by atoms with E-state index in [-0.39, 0.29) is 17.3 Å². The molecule has 2 aromatic heterocycles. The Morgan fingerprint density at radius 2 is 2.12 bits per heavy atom. The Balaban J connectivity index is 2.33. The van der Waals surface area contributed by atoms with Crippen molar-refractivity contribution in [1.82, 2.24) is 19.9 Å². The molecule has 1 amide bonds. The summed E-state index contributed by atoms with van der Waals surface area (Å²) >= 11 is 0. The Hall–Kier alpha value is -2.44. The molecule has 2 aromatic rings. The fraction of sp³-hybridized carbons (Fsp3) is 0.529. The van der Waals surface area contributed by atoms with Crippen LogP contribution in [0.3, 0.4) is 0 Å². The predicted molar refractivity (Wildman–Crippen MR) is 91.5 cm³/mol. The molecule has 24 heavy (non-hydrogen) atoms. The number of nitrogens with one attached hydrogen (secondary N) is 2. The topological polar surface area (TPSA) is 96.9 Å². The molecule has 0 aromatic carbocycles. The van der Waals surface area contributed by atoms with E-state index >= 15 is 0 Å². The quantitative estimate of drug-likeness (QED) is 0.868. The van der Waals surface area contributed by atoms with Gasteiger partial charge >= 0.3 is 5.69 Å². The minimum absolute atomic E-state index is 0.0503. The second kappa shape index (κ2) is 6.22. The van der Waals surface area contributed by atoms with Crippen molar-refractivity contribution in [3.63, 3.8) is 0 Å². The Kier molecular flexibility index (Phi) is 4.26. The molecular weight excluding hydrogens is 308 g/mol. The zero-order chi connectivity index (χ0) is 17.4. The number of H-pyrrole nitrogens is 1. The lowest BCUT2D eigenvalue weighted by Crippen LogP contribution is -2.35. The number of carbonyl (C=O) groups is 1. The van der Waals surface area contributed by atoms with Crippen molar-refractivity contribution in [2.45, 2.75) is 58.5 Å². The molecule has 0 atom stereocenters. The van der Waals surface area contributed by atoms with E-state index < -0.39 is 11.2 Å². The summed E-state index contributed by atoms with van der Waals surface area (Å²) in [5, 5.41) is 3.01. The average molecular weight is 330 g/mol. The van der Waals surface area contributed by atoms with Gasteiger partial charge in [0.05, 0.1) is 10.9 Å². The Labute approximate surface area is 139 Å². The third-order valence-corrected chi connectivity index (χ3v) is 4.08. The molecule has 7 heteroatoms. The molecule has 1 saturated carbocycles. The lowest BCUT2D eigenvalue weighted by atomic mass is 10.1. The van der Waals surface area contributed by atoms with E-state index in [2.05, 4.69) is 15.3 Å². The largest absolute Gasteiger partial charge is 0.350 e. The standard InChI is InChI=1S/C17H22N4O3/c1-4-7-21-14-13(16(23)20-17(21)24)11(15(22)18-9(2)3)8-12(19-14)10-5-6-10/h8-10H,4-7H2,1-3H3,(H,18,22)(H,20,23,24). The molecule has 1 aliphatic carbocycles. The highest BCUT2D eigenvalue weighted by Crippen LogP contribution is 2.39. The first-order valence-corrected chi connectivity index (χ1v) is 8.41. The van der Waals surface area contributed by atoms with Gasteiger partial charge in [-0.25, -0.2) is 9.78 Å². The van der Waals surface area contributed by atoms with Crippen LogP contribution in [0.1, 0.15) is 62.0 Å². The first-order valence-electron chi connectivity index (χ1n) is 8.41. The van der Waals surface area contributed by atoms with Crippen molar-refractivity contribution in [3.05, 3.63) is 38.2 Å². The second-order valence-corrected chi connectivity index (χ2v) is 6.61. The SMILES string of the molecule is CCCn1c(=O)[nH]c(=O)c2c(C(=O)NC(C)C)cc(C3CC3)nc21. The van der Waals surface area contributed by atoms with Crippen molar-refractivity contribution >= 4 is 16.9 Å². The zero-order valence-electron chi connectivity index (χ0n) is 14.2. The minimum atomic E-state index is -0.564. The minimum Gasteiger partial charge on any atom is -0.350 e. The summed E-state index contributed by atoms with van der Waals surface area (Å²) < 4.78 is 1.45. The van der Waals surface area contributed by atoms with Gasteiger partial charge in [0.15, 0.2) is 5.65 Å². The summed E-state index contributed by atoms with van der Waals surface area (Å²) in [6.45, 7) is 6.11. The summed E-state index contributed by atoms with van der Waals surface area (Å²) in [7, 11) is 0. The van der Waals surface area contributed by atoms with Crippen molar-refractivity contribution < 1.29 is 4.79 Å². The summed E-state index contributed by atoms with van der Waals surface area (Å²) in [6.07, 6.45) is 2.76.